The maximum absolute atomic E-state index is 12.6. The number of fused-ring (bicyclic) bond motifs is 1. The van der Waals surface area contributed by atoms with Crippen molar-refractivity contribution < 1.29 is 23.9 Å². The number of nitrogens with zero attached hydrogens (tertiary/aromatic N) is 1. The molecule has 2 aliphatic rings. The Labute approximate surface area is 172 Å². The molecule has 1 fully saturated rings. The number of imide groups is 1. The maximum Gasteiger partial charge on any atom is 0.294 e. The quantitative estimate of drug-likeness (QED) is 0.697. The van der Waals surface area contributed by atoms with Crippen molar-refractivity contribution in [3.63, 3.8) is 0 Å². The molecule has 142 valence electrons. The van der Waals surface area contributed by atoms with Gasteiger partial charge >= 0.3 is 0 Å². The fourth-order valence-corrected chi connectivity index (χ4v) is 3.91. The Kier molecular flexibility index (Phi) is 5.10. The third-order valence-corrected chi connectivity index (χ3v) is 5.62. The van der Waals surface area contributed by atoms with Crippen molar-refractivity contribution in [3.05, 3.63) is 57.4 Å². The van der Waals surface area contributed by atoms with E-state index in [2.05, 4.69) is 21.2 Å². The minimum absolute atomic E-state index is 0.155. The first kappa shape index (κ1) is 18.6. The van der Waals surface area contributed by atoms with Crippen LogP contribution in [0.3, 0.4) is 0 Å². The molecule has 7 nitrogen and oxygen atoms in total. The number of hydrogen-bond acceptors (Lipinski definition) is 6. The lowest BCUT2D eigenvalue weighted by atomic mass is 10.2. The van der Waals surface area contributed by atoms with Crippen LogP contribution in [0.4, 0.5) is 10.5 Å². The normalized spacial score (nSPS) is 16.8. The molecule has 2 aliphatic heterocycles. The average Bonchev–Trinajstić information content (AvgIpc) is 3.23. The van der Waals surface area contributed by atoms with Gasteiger partial charge in [0, 0.05) is 4.47 Å². The number of thioether (sulfide) groups is 1. The third-order valence-electron chi connectivity index (χ3n) is 4.02. The number of halogens is 1. The second-order valence-corrected chi connectivity index (χ2v) is 7.76. The zero-order valence-corrected chi connectivity index (χ0v) is 16.7. The molecule has 1 saturated heterocycles. The molecule has 4 rings (SSSR count). The third kappa shape index (κ3) is 3.76. The summed E-state index contributed by atoms with van der Waals surface area (Å²) in [7, 11) is 0. The maximum atomic E-state index is 12.6. The van der Waals surface area contributed by atoms with Gasteiger partial charge in [-0.2, -0.15) is 0 Å². The highest BCUT2D eigenvalue weighted by molar-refractivity contribution is 9.10. The molecule has 2 aromatic carbocycles. The summed E-state index contributed by atoms with van der Waals surface area (Å²) in [6, 6.07) is 12.3. The Morgan fingerprint density at radius 2 is 1.96 bits per heavy atom. The predicted octanol–water partition coefficient (Wildman–Crippen LogP) is 3.85. The standard InChI is InChI=1S/C19H13BrN2O5S/c20-12-3-1-2-4-13(12)21-17(23)9-22-18(24)16(28-19(22)25)8-11-5-6-14-15(7-11)27-10-26-14/h1-8H,9-10H2,(H,21,23)/b16-8+. The highest BCUT2D eigenvalue weighted by atomic mass is 79.9. The Hall–Kier alpha value is -2.78. The molecule has 0 spiro atoms. The molecule has 1 N–H and O–H groups in total. The summed E-state index contributed by atoms with van der Waals surface area (Å²) in [6.45, 7) is -0.202. The number of amides is 3. The van der Waals surface area contributed by atoms with E-state index in [-0.39, 0.29) is 18.2 Å². The Morgan fingerprint density at radius 3 is 2.79 bits per heavy atom. The number of rotatable bonds is 4. The number of ether oxygens (including phenoxy) is 2. The van der Waals surface area contributed by atoms with E-state index in [4.69, 9.17) is 9.47 Å². The van der Waals surface area contributed by atoms with Gasteiger partial charge in [-0.3, -0.25) is 19.3 Å². The van der Waals surface area contributed by atoms with E-state index >= 15 is 0 Å². The molecule has 0 atom stereocenters. The van der Waals surface area contributed by atoms with Gasteiger partial charge in [0.05, 0.1) is 10.6 Å². The van der Waals surface area contributed by atoms with Crippen LogP contribution in [0, 0.1) is 0 Å². The van der Waals surface area contributed by atoms with Gasteiger partial charge in [0.25, 0.3) is 11.1 Å². The largest absolute Gasteiger partial charge is 0.454 e. The molecule has 28 heavy (non-hydrogen) atoms. The van der Waals surface area contributed by atoms with E-state index in [1.807, 2.05) is 6.07 Å². The first-order valence-electron chi connectivity index (χ1n) is 8.20. The van der Waals surface area contributed by atoms with Gasteiger partial charge in [-0.05, 0) is 63.6 Å². The number of carbonyl (C=O) groups is 3. The van der Waals surface area contributed by atoms with Crippen molar-refractivity contribution in [2.45, 2.75) is 0 Å². The second-order valence-electron chi connectivity index (χ2n) is 5.91. The van der Waals surface area contributed by atoms with Gasteiger partial charge in [0.15, 0.2) is 11.5 Å². The molecule has 3 amide bonds. The van der Waals surface area contributed by atoms with Crippen molar-refractivity contribution >= 4 is 56.5 Å². The van der Waals surface area contributed by atoms with Crippen molar-refractivity contribution in [1.82, 2.24) is 4.90 Å². The zero-order chi connectivity index (χ0) is 19.7. The summed E-state index contributed by atoms with van der Waals surface area (Å²) in [4.78, 5) is 38.2. The van der Waals surface area contributed by atoms with Gasteiger partial charge in [-0.15, -0.1) is 0 Å². The van der Waals surface area contributed by atoms with Crippen LogP contribution in [0.25, 0.3) is 6.08 Å². The van der Waals surface area contributed by atoms with Crippen LogP contribution in [0.1, 0.15) is 5.56 Å². The van der Waals surface area contributed by atoms with Gasteiger partial charge < -0.3 is 14.8 Å². The summed E-state index contributed by atoms with van der Waals surface area (Å²) in [6.07, 6.45) is 1.60. The zero-order valence-electron chi connectivity index (χ0n) is 14.3. The molecule has 0 aromatic heterocycles. The highest BCUT2D eigenvalue weighted by Crippen LogP contribution is 2.36. The van der Waals surface area contributed by atoms with Crippen molar-refractivity contribution in [1.29, 1.82) is 0 Å². The van der Waals surface area contributed by atoms with Gasteiger partial charge in [-0.1, -0.05) is 18.2 Å². The van der Waals surface area contributed by atoms with Gasteiger partial charge in [0.1, 0.15) is 6.54 Å². The number of nitrogens with one attached hydrogen (secondary N) is 1. The summed E-state index contributed by atoms with van der Waals surface area (Å²) < 4.78 is 11.3. The molecule has 0 radical (unpaired) electrons. The number of para-hydroxylation sites is 1. The highest BCUT2D eigenvalue weighted by Gasteiger charge is 2.36. The number of hydrogen-bond donors (Lipinski definition) is 1. The summed E-state index contributed by atoms with van der Waals surface area (Å²) in [5.74, 6) is 0.253. The summed E-state index contributed by atoms with van der Waals surface area (Å²) in [5.41, 5.74) is 1.27. The minimum Gasteiger partial charge on any atom is -0.454 e. The predicted molar refractivity (Wildman–Crippen MR) is 108 cm³/mol. The molecule has 0 saturated carbocycles. The van der Waals surface area contributed by atoms with E-state index in [0.717, 1.165) is 16.7 Å². The average molecular weight is 461 g/mol. The topological polar surface area (TPSA) is 84.9 Å². The van der Waals surface area contributed by atoms with Crippen molar-refractivity contribution in [3.8, 4) is 11.5 Å². The lowest BCUT2D eigenvalue weighted by molar-refractivity contribution is -0.127. The van der Waals surface area contributed by atoms with Crippen LogP contribution in [0.15, 0.2) is 51.8 Å². The van der Waals surface area contributed by atoms with Crippen molar-refractivity contribution in [2.24, 2.45) is 0 Å². The number of benzene rings is 2. The van der Waals surface area contributed by atoms with E-state index in [9.17, 15) is 14.4 Å². The van der Waals surface area contributed by atoms with Crippen LogP contribution in [-0.2, 0) is 9.59 Å². The van der Waals surface area contributed by atoms with E-state index in [1.54, 1.807) is 42.5 Å². The first-order chi connectivity index (χ1) is 13.5. The van der Waals surface area contributed by atoms with Crippen LogP contribution in [-0.4, -0.2) is 35.3 Å². The molecule has 2 aromatic rings. The number of carbonyl (C=O) groups excluding carboxylic acids is 3. The second kappa shape index (κ2) is 7.69. The fourth-order valence-electron chi connectivity index (χ4n) is 2.69. The summed E-state index contributed by atoms with van der Waals surface area (Å²) >= 11 is 4.13. The first-order valence-corrected chi connectivity index (χ1v) is 9.81. The SMILES string of the molecule is O=C(CN1C(=O)S/C(=C/c2ccc3c(c2)OCO3)C1=O)Nc1ccccc1Br. The van der Waals surface area contributed by atoms with E-state index < -0.39 is 17.1 Å². The monoisotopic (exact) mass is 460 g/mol. The van der Waals surface area contributed by atoms with Crippen molar-refractivity contribution in [2.75, 3.05) is 18.7 Å². The molecular weight excluding hydrogens is 448 g/mol. The molecule has 0 bridgehead atoms. The Bertz CT molecular complexity index is 1020. The lowest BCUT2D eigenvalue weighted by Gasteiger charge is -2.13. The van der Waals surface area contributed by atoms with Gasteiger partial charge in [-0.25, -0.2) is 0 Å². The summed E-state index contributed by atoms with van der Waals surface area (Å²) in [5, 5.41) is 2.19. The minimum atomic E-state index is -0.505. The Balaban J connectivity index is 1.46. The number of anilines is 1. The molecule has 2 heterocycles. The van der Waals surface area contributed by atoms with Gasteiger partial charge in [0.2, 0.25) is 12.7 Å². The molecule has 0 unspecified atom stereocenters. The Morgan fingerprint density at radius 1 is 1.18 bits per heavy atom. The van der Waals surface area contributed by atoms with Crippen LogP contribution >= 0.6 is 27.7 Å². The van der Waals surface area contributed by atoms with E-state index in [0.29, 0.717) is 27.2 Å². The molecule has 0 aliphatic carbocycles. The lowest BCUT2D eigenvalue weighted by Crippen LogP contribution is -2.36. The smallest absolute Gasteiger partial charge is 0.294 e. The van der Waals surface area contributed by atoms with E-state index in [1.165, 1.54) is 0 Å². The molecular formula is C19H13BrN2O5S. The van der Waals surface area contributed by atoms with Crippen LogP contribution in [0.5, 0.6) is 11.5 Å². The van der Waals surface area contributed by atoms with Crippen LogP contribution in [0.2, 0.25) is 0 Å². The van der Waals surface area contributed by atoms with Crippen LogP contribution < -0.4 is 14.8 Å². The fraction of sp³-hybridized carbons (Fsp3) is 0.105. The molecule has 9 heteroatoms.